The molecule has 0 spiro atoms. The average Bonchev–Trinajstić information content (AvgIpc) is 3.22. The second kappa shape index (κ2) is 7.21. The first-order valence-corrected chi connectivity index (χ1v) is 9.26. The zero-order valence-electron chi connectivity index (χ0n) is 14.4. The van der Waals surface area contributed by atoms with Crippen LogP contribution in [0.1, 0.15) is 27.5 Å². The van der Waals surface area contributed by atoms with Crippen LogP contribution in [0.2, 0.25) is 0 Å². The lowest BCUT2D eigenvalue weighted by molar-refractivity contribution is 0.102. The Morgan fingerprint density at radius 3 is 2.56 bits per heavy atom. The maximum Gasteiger partial charge on any atom is 0.438 e. The molecule has 2 aromatic heterocycles. The number of sulfonamides is 1. The number of nitrogens with one attached hydrogen (secondary N) is 3. The number of furan rings is 1. The van der Waals surface area contributed by atoms with Crippen molar-refractivity contribution in [1.82, 2.24) is 14.9 Å². The van der Waals surface area contributed by atoms with Gasteiger partial charge in [-0.25, -0.2) is 17.9 Å². The normalized spacial score (nSPS) is 11.5. The van der Waals surface area contributed by atoms with E-state index in [4.69, 9.17) is 4.42 Å². The van der Waals surface area contributed by atoms with E-state index in [2.05, 4.69) is 24.7 Å². The highest BCUT2D eigenvalue weighted by molar-refractivity contribution is 7.89. The summed E-state index contributed by atoms with van der Waals surface area (Å²) in [6, 6.07) is 8.02. The van der Waals surface area contributed by atoms with Crippen molar-refractivity contribution in [3.05, 3.63) is 63.6 Å². The van der Waals surface area contributed by atoms with E-state index < -0.39 is 21.7 Å². The third-order valence-electron chi connectivity index (χ3n) is 3.74. The number of aromatic nitrogens is 2. The van der Waals surface area contributed by atoms with Gasteiger partial charge in [0, 0.05) is 18.2 Å². The molecule has 0 unspecified atom stereocenters. The molecule has 1 amide bonds. The fraction of sp³-hybridized carbons (Fsp3) is 0.188. The second-order valence-corrected chi connectivity index (χ2v) is 7.43. The molecule has 0 saturated heterocycles. The number of hydrogen-bond acceptors (Lipinski definition) is 7. The second-order valence-electron chi connectivity index (χ2n) is 5.61. The number of hydrogen-bond donors (Lipinski definition) is 3. The van der Waals surface area contributed by atoms with Crippen LogP contribution in [0, 0.1) is 6.92 Å². The zero-order valence-corrected chi connectivity index (χ0v) is 15.2. The Morgan fingerprint density at radius 2 is 1.96 bits per heavy atom. The van der Waals surface area contributed by atoms with Gasteiger partial charge in [0.2, 0.25) is 5.09 Å². The molecule has 0 fully saturated rings. The monoisotopic (exact) mass is 392 g/mol. The fourth-order valence-electron chi connectivity index (χ4n) is 2.35. The number of rotatable bonds is 6. The molecule has 3 rings (SSSR count). The van der Waals surface area contributed by atoms with E-state index in [0.29, 0.717) is 17.9 Å². The predicted molar refractivity (Wildman–Crippen MR) is 94.0 cm³/mol. The highest BCUT2D eigenvalue weighted by Crippen LogP contribution is 2.20. The van der Waals surface area contributed by atoms with Gasteiger partial charge in [0.05, 0.1) is 5.56 Å². The van der Waals surface area contributed by atoms with Gasteiger partial charge in [0.15, 0.2) is 5.82 Å². The summed E-state index contributed by atoms with van der Waals surface area (Å²) in [5.41, 5.74) is 1.48. The van der Waals surface area contributed by atoms with Gasteiger partial charge in [-0.3, -0.25) is 14.3 Å². The van der Waals surface area contributed by atoms with Crippen LogP contribution in [0.3, 0.4) is 0 Å². The summed E-state index contributed by atoms with van der Waals surface area (Å²) in [7, 11) is -2.52. The van der Waals surface area contributed by atoms with Crippen LogP contribution < -0.4 is 15.8 Å². The molecule has 0 aliphatic carbocycles. The van der Waals surface area contributed by atoms with Gasteiger partial charge in [0.1, 0.15) is 5.76 Å². The van der Waals surface area contributed by atoms with Crippen molar-refractivity contribution in [3.63, 3.8) is 0 Å². The summed E-state index contributed by atoms with van der Waals surface area (Å²) in [6.07, 6.45) is 0.367. The van der Waals surface area contributed by atoms with Gasteiger partial charge in [-0.2, -0.15) is 0 Å². The van der Waals surface area contributed by atoms with Crippen molar-refractivity contribution in [1.29, 1.82) is 0 Å². The summed E-state index contributed by atoms with van der Waals surface area (Å²) < 4.78 is 35.3. The van der Waals surface area contributed by atoms with Crippen molar-refractivity contribution in [2.75, 3.05) is 12.4 Å². The summed E-state index contributed by atoms with van der Waals surface area (Å²) >= 11 is 0. The number of nitrogens with zero attached hydrogens (tertiary/aromatic N) is 1. The number of carbonyl (C=O) groups is 1. The molecule has 2 heterocycles. The van der Waals surface area contributed by atoms with Crippen LogP contribution in [0.5, 0.6) is 0 Å². The summed E-state index contributed by atoms with van der Waals surface area (Å²) in [5, 5.41) is 5.92. The first kappa shape index (κ1) is 18.6. The third-order valence-corrected chi connectivity index (χ3v) is 5.01. The van der Waals surface area contributed by atoms with Crippen LogP contribution in [0.4, 0.5) is 5.69 Å². The van der Waals surface area contributed by atoms with Crippen LogP contribution in [-0.4, -0.2) is 31.5 Å². The lowest BCUT2D eigenvalue weighted by Gasteiger charge is -2.05. The minimum Gasteiger partial charge on any atom is -0.448 e. The Bertz CT molecular complexity index is 1120. The Morgan fingerprint density at radius 1 is 1.26 bits per heavy atom. The summed E-state index contributed by atoms with van der Waals surface area (Å²) in [6.45, 7) is 1.51. The molecule has 0 radical (unpaired) electrons. The van der Waals surface area contributed by atoms with Crippen LogP contribution >= 0.6 is 0 Å². The Kier molecular flexibility index (Phi) is 4.97. The van der Waals surface area contributed by atoms with Crippen molar-refractivity contribution >= 4 is 21.6 Å². The number of aryl methyl sites for hydroxylation is 1. The smallest absolute Gasteiger partial charge is 0.438 e. The van der Waals surface area contributed by atoms with Gasteiger partial charge >= 0.3 is 5.76 Å². The van der Waals surface area contributed by atoms with Crippen molar-refractivity contribution in [2.45, 2.75) is 18.4 Å². The molecule has 142 valence electrons. The molecule has 27 heavy (non-hydrogen) atoms. The summed E-state index contributed by atoms with van der Waals surface area (Å²) in [4.78, 5) is 25.8. The Balaban J connectivity index is 1.72. The molecule has 0 aliphatic heterocycles. The van der Waals surface area contributed by atoms with E-state index in [1.54, 1.807) is 24.3 Å². The summed E-state index contributed by atoms with van der Waals surface area (Å²) in [5.74, 6) is -0.539. The van der Waals surface area contributed by atoms with Gasteiger partial charge in [0.25, 0.3) is 15.9 Å². The molecule has 3 aromatic rings. The maximum atomic E-state index is 12.4. The zero-order chi connectivity index (χ0) is 19.6. The number of amides is 1. The van der Waals surface area contributed by atoms with Crippen LogP contribution in [0.15, 0.2) is 49.2 Å². The number of benzene rings is 1. The van der Waals surface area contributed by atoms with Crippen molar-refractivity contribution in [2.24, 2.45) is 0 Å². The van der Waals surface area contributed by atoms with Gasteiger partial charge < -0.3 is 9.73 Å². The van der Waals surface area contributed by atoms with E-state index in [9.17, 15) is 18.0 Å². The van der Waals surface area contributed by atoms with Crippen molar-refractivity contribution in [3.8, 4) is 0 Å². The highest BCUT2D eigenvalue weighted by Gasteiger charge is 2.22. The molecular weight excluding hydrogens is 376 g/mol. The molecule has 11 heteroatoms. The first-order valence-electron chi connectivity index (χ1n) is 7.77. The van der Waals surface area contributed by atoms with E-state index in [1.165, 1.54) is 20.0 Å². The minimum absolute atomic E-state index is 0.119. The molecule has 3 N–H and O–H groups in total. The molecule has 0 bridgehead atoms. The Labute approximate surface area is 153 Å². The number of H-pyrrole nitrogens is 1. The van der Waals surface area contributed by atoms with Gasteiger partial charge in [-0.1, -0.05) is 17.3 Å². The Hall–Kier alpha value is -3.18. The fourth-order valence-corrected chi connectivity index (χ4v) is 3.06. The largest absolute Gasteiger partial charge is 0.448 e. The topological polar surface area (TPSA) is 147 Å². The van der Waals surface area contributed by atoms with Gasteiger partial charge in [-0.15, -0.1) is 0 Å². The van der Waals surface area contributed by atoms with E-state index in [0.717, 1.165) is 5.56 Å². The van der Waals surface area contributed by atoms with E-state index in [1.807, 2.05) is 0 Å². The molecule has 1 aromatic carbocycles. The molecule has 0 atom stereocenters. The number of carbonyl (C=O) groups excluding carboxylic acids is 1. The lowest BCUT2D eigenvalue weighted by Crippen LogP contribution is -2.18. The number of aromatic amines is 1. The molecule has 0 saturated carbocycles. The minimum atomic E-state index is -3.78. The highest BCUT2D eigenvalue weighted by atomic mass is 32.2. The maximum absolute atomic E-state index is 12.4. The number of anilines is 1. The van der Waals surface area contributed by atoms with Crippen LogP contribution in [-0.2, 0) is 16.4 Å². The quantitative estimate of drug-likeness (QED) is 0.567. The predicted octanol–water partition coefficient (Wildman–Crippen LogP) is 1.02. The van der Waals surface area contributed by atoms with E-state index >= 15 is 0 Å². The molecule has 0 aliphatic rings. The standard InChI is InChI=1S/C16H16N4O6S/c1-9-12(8-14(25-9)27(23,24)17-2)15(21)18-11-5-3-10(4-6-11)7-13-19-16(22)26-20-13/h3-6,8,17H,7H2,1-2H3,(H,18,21)(H,19,20,22). The SMILES string of the molecule is CNS(=O)(=O)c1cc(C(=O)Nc2ccc(Cc3noc(=O)[nH]3)cc2)c(C)o1. The van der Waals surface area contributed by atoms with E-state index in [-0.39, 0.29) is 16.4 Å². The average molecular weight is 392 g/mol. The van der Waals surface area contributed by atoms with Gasteiger partial charge in [-0.05, 0) is 31.7 Å². The lowest BCUT2D eigenvalue weighted by atomic mass is 10.1. The molecule has 10 nitrogen and oxygen atoms in total. The van der Waals surface area contributed by atoms with Crippen molar-refractivity contribution < 1.29 is 22.2 Å². The third kappa shape index (κ3) is 4.15. The molecular formula is C16H16N4O6S. The van der Waals surface area contributed by atoms with Crippen LogP contribution in [0.25, 0.3) is 0 Å². The first-order chi connectivity index (χ1) is 12.8.